The smallest absolute Gasteiger partial charge is 0.223 e. The molecule has 6 heteroatoms. The Morgan fingerprint density at radius 3 is 2.40 bits per heavy atom. The van der Waals surface area contributed by atoms with Gasteiger partial charge in [0.25, 0.3) is 0 Å². The second kappa shape index (κ2) is 6.71. The minimum absolute atomic E-state index is 0.0871. The predicted octanol–water partition coefficient (Wildman–Crippen LogP) is 2.53. The maximum absolute atomic E-state index is 12.6. The van der Waals surface area contributed by atoms with Gasteiger partial charge in [-0.3, -0.25) is 0 Å². The van der Waals surface area contributed by atoms with E-state index < -0.39 is 15.3 Å². The number of hydrogen-bond acceptors (Lipinski definition) is 3. The average molecular weight is 321 g/mol. The van der Waals surface area contributed by atoms with Gasteiger partial charge in [-0.1, -0.05) is 39.9 Å². The van der Waals surface area contributed by atoms with Crippen molar-refractivity contribution >= 4 is 27.2 Å². The molecule has 0 amide bonds. The summed E-state index contributed by atoms with van der Waals surface area (Å²) in [5, 5.41) is -0.719. The first-order valence-electron chi connectivity index (χ1n) is 7.39. The third kappa shape index (κ3) is 4.15. The van der Waals surface area contributed by atoms with Crippen LogP contribution in [0.1, 0.15) is 53.4 Å². The van der Waals surface area contributed by atoms with E-state index >= 15 is 0 Å². The summed E-state index contributed by atoms with van der Waals surface area (Å²) in [4.78, 5) is 0.0871. The fourth-order valence-corrected chi connectivity index (χ4v) is 5.28. The van der Waals surface area contributed by atoms with Crippen LogP contribution in [0.4, 0.5) is 0 Å². The molecule has 1 aliphatic heterocycles. The molecule has 0 aromatic heterocycles. The van der Waals surface area contributed by atoms with E-state index in [0.29, 0.717) is 25.4 Å². The maximum Gasteiger partial charge on any atom is 0.223 e. The second-order valence-corrected chi connectivity index (χ2v) is 9.32. The Hall–Kier alpha value is -0.200. The van der Waals surface area contributed by atoms with E-state index in [0.717, 1.165) is 19.3 Å². The Bertz CT molecular complexity index is 441. The lowest BCUT2D eigenvalue weighted by atomic mass is 9.77. The highest BCUT2D eigenvalue weighted by Crippen LogP contribution is 2.35. The third-order valence-corrected chi connectivity index (χ3v) is 7.14. The van der Waals surface area contributed by atoms with Crippen LogP contribution >= 0.6 is 12.2 Å². The zero-order valence-electron chi connectivity index (χ0n) is 13.1. The highest BCUT2D eigenvalue weighted by Gasteiger charge is 2.35. The molecule has 1 heterocycles. The maximum atomic E-state index is 12.6. The van der Waals surface area contributed by atoms with E-state index in [1.807, 2.05) is 6.92 Å². The molecule has 0 aliphatic carbocycles. The molecule has 0 bridgehead atoms. The van der Waals surface area contributed by atoms with Crippen molar-refractivity contribution < 1.29 is 8.42 Å². The molecular formula is C14H28N2O2S2. The first-order chi connectivity index (χ1) is 9.10. The summed E-state index contributed by atoms with van der Waals surface area (Å²) in [5.74, 6) is 0.563. The van der Waals surface area contributed by atoms with Crippen molar-refractivity contribution in [2.75, 3.05) is 13.1 Å². The van der Waals surface area contributed by atoms with Crippen LogP contribution in [0.15, 0.2) is 0 Å². The molecule has 0 aromatic carbocycles. The van der Waals surface area contributed by atoms with Crippen molar-refractivity contribution in [2.24, 2.45) is 17.1 Å². The van der Waals surface area contributed by atoms with Crippen LogP contribution in [0, 0.1) is 11.3 Å². The highest BCUT2D eigenvalue weighted by molar-refractivity contribution is 7.92. The van der Waals surface area contributed by atoms with Gasteiger partial charge >= 0.3 is 0 Å². The van der Waals surface area contributed by atoms with Gasteiger partial charge in [-0.15, -0.1) is 0 Å². The standard InChI is InChI=1S/C14H28N2O2S2/c1-5-12(13(15)19)20(17,18)16-9-6-7-11(8-10-16)14(2,3)4/h11-12H,5-10H2,1-4H3,(H2,15,19). The fourth-order valence-electron chi connectivity index (χ4n) is 2.93. The van der Waals surface area contributed by atoms with Crippen LogP contribution in [-0.4, -0.2) is 36.1 Å². The van der Waals surface area contributed by atoms with Crippen LogP contribution in [-0.2, 0) is 10.0 Å². The van der Waals surface area contributed by atoms with E-state index in [9.17, 15) is 8.42 Å². The van der Waals surface area contributed by atoms with Crippen LogP contribution < -0.4 is 5.73 Å². The lowest BCUT2D eigenvalue weighted by Crippen LogP contribution is -2.44. The molecule has 1 rings (SSSR count). The molecule has 2 atom stereocenters. The summed E-state index contributed by atoms with van der Waals surface area (Å²) in [6.07, 6.45) is 3.35. The van der Waals surface area contributed by atoms with Gasteiger partial charge in [0.05, 0.1) is 4.99 Å². The molecule has 2 unspecified atom stereocenters. The Morgan fingerprint density at radius 2 is 1.95 bits per heavy atom. The topological polar surface area (TPSA) is 63.4 Å². The molecule has 2 N–H and O–H groups in total. The van der Waals surface area contributed by atoms with Crippen LogP contribution in [0.25, 0.3) is 0 Å². The normalized spacial score (nSPS) is 24.1. The third-order valence-electron chi connectivity index (χ3n) is 4.32. The van der Waals surface area contributed by atoms with E-state index in [2.05, 4.69) is 20.8 Å². The van der Waals surface area contributed by atoms with Crippen molar-refractivity contribution in [3.63, 3.8) is 0 Å². The van der Waals surface area contributed by atoms with Gasteiger partial charge in [0.2, 0.25) is 10.0 Å². The molecule has 20 heavy (non-hydrogen) atoms. The number of rotatable bonds is 4. The van der Waals surface area contributed by atoms with Crippen molar-refractivity contribution in [1.82, 2.24) is 4.31 Å². The van der Waals surface area contributed by atoms with E-state index in [-0.39, 0.29) is 10.4 Å². The van der Waals surface area contributed by atoms with Crippen LogP contribution in [0.2, 0.25) is 0 Å². The minimum atomic E-state index is -3.40. The Kier molecular flexibility index (Phi) is 5.99. The van der Waals surface area contributed by atoms with Crippen molar-refractivity contribution in [3.8, 4) is 0 Å². The van der Waals surface area contributed by atoms with E-state index in [4.69, 9.17) is 18.0 Å². The Balaban J connectivity index is 2.86. The van der Waals surface area contributed by atoms with Crippen LogP contribution in [0.3, 0.4) is 0 Å². The van der Waals surface area contributed by atoms with Gasteiger partial charge in [-0.05, 0) is 37.0 Å². The number of nitrogens with zero attached hydrogens (tertiary/aromatic N) is 1. The number of nitrogens with two attached hydrogens (primary N) is 1. The molecule has 1 saturated heterocycles. The summed E-state index contributed by atoms with van der Waals surface area (Å²) >= 11 is 4.92. The Morgan fingerprint density at radius 1 is 1.35 bits per heavy atom. The van der Waals surface area contributed by atoms with Gasteiger partial charge in [-0.25, -0.2) is 12.7 Å². The molecule has 1 fully saturated rings. The van der Waals surface area contributed by atoms with Gasteiger partial charge in [0, 0.05) is 13.1 Å². The molecule has 0 spiro atoms. The molecule has 0 radical (unpaired) electrons. The first kappa shape index (κ1) is 17.9. The molecular weight excluding hydrogens is 292 g/mol. The lowest BCUT2D eigenvalue weighted by molar-refractivity contribution is 0.216. The van der Waals surface area contributed by atoms with E-state index in [1.165, 1.54) is 0 Å². The zero-order valence-corrected chi connectivity index (χ0v) is 14.7. The van der Waals surface area contributed by atoms with Gasteiger partial charge in [0.1, 0.15) is 5.25 Å². The zero-order chi connectivity index (χ0) is 15.6. The highest BCUT2D eigenvalue weighted by atomic mass is 32.2. The summed E-state index contributed by atoms with van der Waals surface area (Å²) in [6.45, 7) is 9.68. The van der Waals surface area contributed by atoms with Crippen molar-refractivity contribution in [1.29, 1.82) is 0 Å². The number of hydrogen-bond donors (Lipinski definition) is 1. The quantitative estimate of drug-likeness (QED) is 0.809. The SMILES string of the molecule is CCC(C(N)=S)S(=O)(=O)N1CCCC(C(C)(C)C)CC1. The van der Waals surface area contributed by atoms with Gasteiger partial charge < -0.3 is 5.73 Å². The predicted molar refractivity (Wildman–Crippen MR) is 88.2 cm³/mol. The molecule has 4 nitrogen and oxygen atoms in total. The van der Waals surface area contributed by atoms with Gasteiger partial charge in [-0.2, -0.15) is 0 Å². The molecule has 0 aromatic rings. The summed E-state index contributed by atoms with van der Waals surface area (Å²) in [7, 11) is -3.40. The fraction of sp³-hybridized carbons (Fsp3) is 0.929. The monoisotopic (exact) mass is 320 g/mol. The molecule has 1 aliphatic rings. The minimum Gasteiger partial charge on any atom is -0.392 e. The van der Waals surface area contributed by atoms with Crippen molar-refractivity contribution in [2.45, 2.75) is 58.6 Å². The largest absolute Gasteiger partial charge is 0.392 e. The number of thiocarbonyl (C=S) groups is 1. The van der Waals surface area contributed by atoms with E-state index in [1.54, 1.807) is 4.31 Å². The summed E-state index contributed by atoms with van der Waals surface area (Å²) < 4.78 is 26.9. The summed E-state index contributed by atoms with van der Waals surface area (Å²) in [6, 6.07) is 0. The van der Waals surface area contributed by atoms with Gasteiger partial charge in [0.15, 0.2) is 0 Å². The lowest BCUT2D eigenvalue weighted by Gasteiger charge is -2.30. The average Bonchev–Trinajstić information content (AvgIpc) is 2.53. The van der Waals surface area contributed by atoms with Crippen LogP contribution in [0.5, 0.6) is 0 Å². The second-order valence-electron chi connectivity index (χ2n) is 6.74. The van der Waals surface area contributed by atoms with Crippen molar-refractivity contribution in [3.05, 3.63) is 0 Å². The number of sulfonamides is 1. The molecule has 0 saturated carbocycles. The Labute approximate surface area is 129 Å². The molecule has 118 valence electrons. The first-order valence-corrected chi connectivity index (χ1v) is 9.30. The summed E-state index contributed by atoms with van der Waals surface area (Å²) in [5.41, 5.74) is 5.83.